The van der Waals surface area contributed by atoms with E-state index >= 15 is 0 Å². The predicted octanol–water partition coefficient (Wildman–Crippen LogP) is 3.05. The van der Waals surface area contributed by atoms with E-state index in [9.17, 15) is 13.2 Å². The van der Waals surface area contributed by atoms with Crippen molar-refractivity contribution in [2.24, 2.45) is 5.92 Å². The molecule has 0 aromatic heterocycles. The summed E-state index contributed by atoms with van der Waals surface area (Å²) in [5, 5.41) is 3.23. The Kier molecular flexibility index (Phi) is 5.82. The summed E-state index contributed by atoms with van der Waals surface area (Å²) < 4.78 is 38.8. The zero-order valence-corrected chi connectivity index (χ0v) is 18.8. The topological polar surface area (TPSA) is 84.9 Å². The fourth-order valence-electron chi connectivity index (χ4n) is 4.88. The maximum atomic E-state index is 13.1. The number of hydrogen-bond acceptors (Lipinski definition) is 5. The lowest BCUT2D eigenvalue weighted by Gasteiger charge is -2.33. The number of piperidine rings is 1. The maximum absolute atomic E-state index is 13.1. The van der Waals surface area contributed by atoms with Crippen LogP contribution in [0.15, 0.2) is 47.4 Å². The van der Waals surface area contributed by atoms with E-state index in [1.54, 1.807) is 12.1 Å². The fourth-order valence-corrected chi connectivity index (χ4v) is 6.37. The number of nitrogens with one attached hydrogen (secondary N) is 1. The molecule has 1 N–H and O–H groups in total. The highest BCUT2D eigenvalue weighted by Crippen LogP contribution is 2.34. The van der Waals surface area contributed by atoms with Gasteiger partial charge in [-0.05, 0) is 55.4 Å². The summed E-state index contributed by atoms with van der Waals surface area (Å²) in [5.74, 6) is 0.883. The predicted molar refractivity (Wildman–Crippen MR) is 119 cm³/mol. The molecule has 8 heteroatoms. The zero-order valence-electron chi connectivity index (χ0n) is 18.0. The van der Waals surface area contributed by atoms with Gasteiger partial charge in [0.25, 0.3) is 0 Å². The minimum absolute atomic E-state index is 0.0306. The quantitative estimate of drug-likeness (QED) is 0.764. The highest BCUT2D eigenvalue weighted by molar-refractivity contribution is 7.89. The maximum Gasteiger partial charge on any atom is 0.243 e. The first-order chi connectivity index (χ1) is 15.5. The van der Waals surface area contributed by atoms with Gasteiger partial charge in [0.2, 0.25) is 15.9 Å². The van der Waals surface area contributed by atoms with Gasteiger partial charge in [-0.15, -0.1) is 0 Å². The molecule has 0 spiro atoms. The molecule has 2 aliphatic heterocycles. The molecular formula is C24H28N2O5S. The molecule has 3 aliphatic rings. The van der Waals surface area contributed by atoms with Crippen LogP contribution >= 0.6 is 0 Å². The van der Waals surface area contributed by atoms with Crippen molar-refractivity contribution in [3.8, 4) is 11.5 Å². The zero-order chi connectivity index (χ0) is 22.1. The molecule has 7 nitrogen and oxygen atoms in total. The Morgan fingerprint density at radius 1 is 0.969 bits per heavy atom. The van der Waals surface area contributed by atoms with Crippen LogP contribution in [0.4, 0.5) is 0 Å². The van der Waals surface area contributed by atoms with Crippen molar-refractivity contribution in [2.75, 3.05) is 26.3 Å². The molecule has 0 bridgehead atoms. The number of amides is 1. The van der Waals surface area contributed by atoms with Crippen LogP contribution in [-0.4, -0.2) is 44.9 Å². The van der Waals surface area contributed by atoms with Crippen molar-refractivity contribution in [3.05, 3.63) is 53.6 Å². The second kappa shape index (κ2) is 8.75. The Hall–Kier alpha value is -2.58. The summed E-state index contributed by atoms with van der Waals surface area (Å²) >= 11 is 0. The average Bonchev–Trinajstić information content (AvgIpc) is 2.84. The largest absolute Gasteiger partial charge is 0.486 e. The molecule has 170 valence electrons. The summed E-state index contributed by atoms with van der Waals surface area (Å²) in [6.45, 7) is 1.52. The second-order valence-corrected chi connectivity index (χ2v) is 10.6. The molecule has 1 aliphatic carbocycles. The van der Waals surface area contributed by atoms with Crippen LogP contribution in [0.25, 0.3) is 0 Å². The lowest BCUT2D eigenvalue weighted by molar-refractivity contribution is -0.127. The van der Waals surface area contributed by atoms with Crippen LogP contribution in [0.5, 0.6) is 11.5 Å². The van der Waals surface area contributed by atoms with E-state index in [1.165, 1.54) is 21.5 Å². The van der Waals surface area contributed by atoms with Gasteiger partial charge in [0.1, 0.15) is 13.2 Å². The Morgan fingerprint density at radius 3 is 2.53 bits per heavy atom. The van der Waals surface area contributed by atoms with E-state index in [0.717, 1.165) is 19.3 Å². The van der Waals surface area contributed by atoms with Crippen LogP contribution in [-0.2, 0) is 21.2 Å². The fraction of sp³-hybridized carbons (Fsp3) is 0.458. The first-order valence-electron chi connectivity index (χ1n) is 11.3. The monoisotopic (exact) mass is 456 g/mol. The lowest BCUT2D eigenvalue weighted by Crippen LogP contribution is -2.44. The third kappa shape index (κ3) is 4.09. The van der Waals surface area contributed by atoms with E-state index in [2.05, 4.69) is 17.4 Å². The van der Waals surface area contributed by atoms with E-state index in [1.807, 2.05) is 12.1 Å². The smallest absolute Gasteiger partial charge is 0.243 e. The number of sulfonamides is 1. The van der Waals surface area contributed by atoms with Crippen molar-refractivity contribution in [1.82, 2.24) is 9.62 Å². The summed E-state index contributed by atoms with van der Waals surface area (Å²) in [5.41, 5.74) is 2.52. The highest BCUT2D eigenvalue weighted by Gasteiger charge is 2.34. The number of fused-ring (bicyclic) bond motifs is 2. The summed E-state index contributed by atoms with van der Waals surface area (Å²) in [7, 11) is -3.65. The summed E-state index contributed by atoms with van der Waals surface area (Å²) in [6, 6.07) is 13.1. The van der Waals surface area contributed by atoms with Gasteiger partial charge >= 0.3 is 0 Å². The average molecular weight is 457 g/mol. The Labute approximate surface area is 188 Å². The van der Waals surface area contributed by atoms with Crippen molar-refractivity contribution >= 4 is 15.9 Å². The SMILES string of the molecule is O=C(N[C@@H]1CCCc2ccccc21)C1CCN(S(=O)(=O)c2ccc3c(c2)OCCO3)CC1. The standard InChI is InChI=1S/C24H28N2O5S/c27-24(25-21-7-3-5-17-4-1-2-6-20(17)21)18-10-12-26(13-11-18)32(28,29)19-8-9-22-23(16-19)31-15-14-30-22/h1-2,4,6,8-9,16,18,21H,3,5,7,10-15H2,(H,25,27)/t21-/m1/s1. The van der Waals surface area contributed by atoms with E-state index in [-0.39, 0.29) is 22.8 Å². The molecule has 2 heterocycles. The molecule has 1 fully saturated rings. The molecular weight excluding hydrogens is 428 g/mol. The van der Waals surface area contributed by atoms with Crippen molar-refractivity contribution < 1.29 is 22.7 Å². The number of nitrogens with zero attached hydrogens (tertiary/aromatic N) is 1. The molecule has 1 saturated heterocycles. The van der Waals surface area contributed by atoms with Gasteiger partial charge in [-0.3, -0.25) is 4.79 Å². The molecule has 0 radical (unpaired) electrons. The molecule has 32 heavy (non-hydrogen) atoms. The van der Waals surface area contributed by atoms with Crippen molar-refractivity contribution in [3.63, 3.8) is 0 Å². The number of hydrogen-bond donors (Lipinski definition) is 1. The summed E-state index contributed by atoms with van der Waals surface area (Å²) in [4.78, 5) is 13.2. The molecule has 2 aromatic rings. The van der Waals surface area contributed by atoms with Crippen molar-refractivity contribution in [1.29, 1.82) is 0 Å². The van der Waals surface area contributed by atoms with Crippen LogP contribution < -0.4 is 14.8 Å². The first kappa shape index (κ1) is 21.3. The number of rotatable bonds is 4. The van der Waals surface area contributed by atoms with Gasteiger partial charge < -0.3 is 14.8 Å². The molecule has 0 unspecified atom stereocenters. The minimum Gasteiger partial charge on any atom is -0.486 e. The van der Waals surface area contributed by atoms with E-state index < -0.39 is 10.0 Å². The Bertz CT molecular complexity index is 1110. The van der Waals surface area contributed by atoms with Crippen LogP contribution in [0.1, 0.15) is 42.9 Å². The summed E-state index contributed by atoms with van der Waals surface area (Å²) in [6.07, 6.45) is 4.10. The number of benzene rings is 2. The molecule has 0 saturated carbocycles. The highest BCUT2D eigenvalue weighted by atomic mass is 32.2. The van der Waals surface area contributed by atoms with Gasteiger partial charge in [0.15, 0.2) is 11.5 Å². The lowest BCUT2D eigenvalue weighted by atomic mass is 9.87. The van der Waals surface area contributed by atoms with Crippen LogP contribution in [0.2, 0.25) is 0 Å². The van der Waals surface area contributed by atoms with Gasteiger partial charge in [0, 0.05) is 25.1 Å². The molecule has 5 rings (SSSR count). The molecule has 1 amide bonds. The second-order valence-electron chi connectivity index (χ2n) is 8.64. The number of ether oxygens (including phenoxy) is 2. The van der Waals surface area contributed by atoms with E-state index in [0.29, 0.717) is 50.6 Å². The minimum atomic E-state index is -3.65. The molecule has 2 aromatic carbocycles. The first-order valence-corrected chi connectivity index (χ1v) is 12.7. The third-order valence-electron chi connectivity index (χ3n) is 6.66. The van der Waals surface area contributed by atoms with Crippen LogP contribution in [0.3, 0.4) is 0 Å². The number of carbonyl (C=O) groups excluding carboxylic acids is 1. The van der Waals surface area contributed by atoms with E-state index in [4.69, 9.17) is 9.47 Å². The molecule has 1 atom stereocenters. The van der Waals surface area contributed by atoms with Gasteiger partial charge in [-0.2, -0.15) is 4.31 Å². The van der Waals surface area contributed by atoms with Gasteiger partial charge in [-0.1, -0.05) is 24.3 Å². The Morgan fingerprint density at radius 2 is 1.72 bits per heavy atom. The van der Waals surface area contributed by atoms with Gasteiger partial charge in [0.05, 0.1) is 10.9 Å². The van der Waals surface area contributed by atoms with Crippen molar-refractivity contribution in [2.45, 2.75) is 43.0 Å². The number of carbonyl (C=O) groups is 1. The normalized spacial score (nSPS) is 21.6. The number of aryl methyl sites for hydroxylation is 1. The Balaban J connectivity index is 1.22. The van der Waals surface area contributed by atoms with Gasteiger partial charge in [-0.25, -0.2) is 8.42 Å². The third-order valence-corrected chi connectivity index (χ3v) is 8.56. The van der Waals surface area contributed by atoms with Crippen LogP contribution in [0, 0.1) is 5.92 Å².